The Hall–Kier alpha value is -0.207. The summed E-state index contributed by atoms with van der Waals surface area (Å²) in [4.78, 5) is 10.0. The van der Waals surface area contributed by atoms with Gasteiger partial charge in [0, 0.05) is 6.08 Å². The van der Waals surface area contributed by atoms with E-state index in [1.165, 1.54) is 43.6 Å². The van der Waals surface area contributed by atoms with Crippen molar-refractivity contribution in [3.05, 3.63) is 74.0 Å². The summed E-state index contributed by atoms with van der Waals surface area (Å²) in [5, 5.41) is 8.36. The Morgan fingerprint density at radius 1 is 0.867 bits per heavy atom. The third kappa shape index (κ3) is 21.0. The molecule has 0 bridgehead atoms. The maximum absolute atomic E-state index is 10.7. The van der Waals surface area contributed by atoms with E-state index in [-0.39, 0.29) is 37.7 Å². The van der Waals surface area contributed by atoms with Crippen LogP contribution < -0.4 is 0 Å². The van der Waals surface area contributed by atoms with Crippen molar-refractivity contribution < 1.29 is 62.2 Å². The van der Waals surface area contributed by atoms with Crippen LogP contribution in [0.25, 0.3) is 0 Å². The van der Waals surface area contributed by atoms with Crippen molar-refractivity contribution in [1.29, 1.82) is 0 Å². The van der Waals surface area contributed by atoms with Crippen LogP contribution in [0.2, 0.25) is 0 Å². The van der Waals surface area contributed by atoms with Gasteiger partial charge in [-0.15, -0.1) is 0 Å². The number of allylic oxidation sites excluding steroid dienone is 2. The standard InChI is InChI=1S/2C7H9.C5H8O2.CHF3O3S.Zr/c2*1-6-3-4-7(2)5-6;1-4(6)3-5(2)7;2-1(3,4)8(5,6)7;/h2*3-5H,1-2H3;3,6H,1-2H3;(H,5,6,7);/q;;;;+2/b;;4-3-;;. The zero-order valence-electron chi connectivity index (χ0n) is 17.7. The molecular formula is C20H27F3O5SZr+2. The molecular weight excluding hydrogens is 500 g/mol. The minimum Gasteiger partial charge on any atom is -0.512 e. The fourth-order valence-corrected chi connectivity index (χ4v) is 1.73. The monoisotopic (exact) mass is 526 g/mol. The number of aliphatic hydroxyl groups excluding tert-OH is 1. The zero-order valence-corrected chi connectivity index (χ0v) is 21.0. The Balaban J connectivity index is -0.000000321. The fourth-order valence-electron chi connectivity index (χ4n) is 1.73. The van der Waals surface area contributed by atoms with E-state index in [1.54, 1.807) is 0 Å². The van der Waals surface area contributed by atoms with E-state index in [2.05, 4.69) is 66.2 Å². The molecule has 166 valence electrons. The number of hydrogen-bond acceptors (Lipinski definition) is 4. The zero-order chi connectivity index (χ0) is 23.4. The van der Waals surface area contributed by atoms with Crippen LogP contribution >= 0.6 is 0 Å². The van der Waals surface area contributed by atoms with Crippen molar-refractivity contribution in [1.82, 2.24) is 0 Å². The Morgan fingerprint density at radius 2 is 1.10 bits per heavy atom. The average Bonchev–Trinajstić information content (AvgIpc) is 3.04. The van der Waals surface area contributed by atoms with Gasteiger partial charge in [0.1, 0.15) is 0 Å². The van der Waals surface area contributed by atoms with E-state index < -0.39 is 15.6 Å². The molecule has 0 aromatic carbocycles. The normalized spacial score (nSPS) is 18.8. The molecule has 2 aliphatic rings. The molecule has 5 nitrogen and oxygen atoms in total. The SMILES string of the molecule is CC(=O)/C=C(/C)O.C[C]1[CH][CH][C](C)[CH]1.C[C]1[CH][CH][C](C)[CH]1.O=S(=O)(O)C(F)(F)F.[Zr+2]. The smallest absolute Gasteiger partial charge is 0.512 e. The molecule has 10 heteroatoms. The van der Waals surface area contributed by atoms with Gasteiger partial charge in [-0.25, -0.2) is 0 Å². The van der Waals surface area contributed by atoms with Crippen molar-refractivity contribution in [2.75, 3.05) is 0 Å². The van der Waals surface area contributed by atoms with Crippen molar-refractivity contribution in [3.8, 4) is 0 Å². The summed E-state index contributed by atoms with van der Waals surface area (Å²) in [7, 11) is -5.84. The Kier molecular flexibility index (Phi) is 18.8. The second kappa shape index (κ2) is 16.4. The number of hydrogen-bond donors (Lipinski definition) is 2. The van der Waals surface area contributed by atoms with Crippen molar-refractivity contribution in [3.63, 3.8) is 0 Å². The van der Waals surface area contributed by atoms with E-state index in [0.29, 0.717) is 0 Å². The molecule has 10 radical (unpaired) electrons. The van der Waals surface area contributed by atoms with Crippen LogP contribution in [0.4, 0.5) is 13.2 Å². The van der Waals surface area contributed by atoms with Crippen molar-refractivity contribution in [2.24, 2.45) is 0 Å². The van der Waals surface area contributed by atoms with Crippen LogP contribution in [0, 0.1) is 62.2 Å². The van der Waals surface area contributed by atoms with E-state index >= 15 is 0 Å². The van der Waals surface area contributed by atoms with Crippen molar-refractivity contribution in [2.45, 2.75) is 47.1 Å². The van der Waals surface area contributed by atoms with Gasteiger partial charge in [-0.1, -0.05) is 27.7 Å². The number of carbonyl (C=O) groups is 1. The number of carbonyl (C=O) groups excluding carboxylic acids is 1. The first-order chi connectivity index (χ1) is 13.0. The van der Waals surface area contributed by atoms with Gasteiger partial charge in [0.05, 0.1) is 5.76 Å². The number of ketones is 1. The Labute approximate surface area is 198 Å². The minimum atomic E-state index is -5.84. The molecule has 0 saturated heterocycles. The summed E-state index contributed by atoms with van der Waals surface area (Å²) in [6.07, 6.45) is 14.0. The summed E-state index contributed by atoms with van der Waals surface area (Å²) < 4.78 is 57.5. The maximum Gasteiger partial charge on any atom is 2.00 e. The molecule has 2 fully saturated rings. The van der Waals surface area contributed by atoms with Crippen LogP contribution in [0.15, 0.2) is 11.8 Å². The van der Waals surface area contributed by atoms with Crippen molar-refractivity contribution >= 4 is 15.9 Å². The van der Waals surface area contributed by atoms with E-state index in [1.807, 2.05) is 0 Å². The largest absolute Gasteiger partial charge is 2.00 e. The van der Waals surface area contributed by atoms with Crippen LogP contribution in [-0.2, 0) is 41.1 Å². The molecule has 0 spiro atoms. The van der Waals surface area contributed by atoms with E-state index in [4.69, 9.17) is 18.1 Å². The predicted octanol–water partition coefficient (Wildman–Crippen LogP) is 5.03. The van der Waals surface area contributed by atoms with E-state index in [9.17, 15) is 18.0 Å². The molecule has 30 heavy (non-hydrogen) atoms. The topological polar surface area (TPSA) is 91.7 Å². The van der Waals surface area contributed by atoms with Crippen LogP contribution in [0.1, 0.15) is 41.5 Å². The summed E-state index contributed by atoms with van der Waals surface area (Å²) in [5.74, 6) is 5.37. The first kappa shape index (κ1) is 34.4. The number of halogens is 3. The molecule has 0 atom stereocenters. The first-order valence-corrected chi connectivity index (χ1v) is 9.71. The Bertz CT molecular complexity index is 568. The van der Waals surface area contributed by atoms with Crippen LogP contribution in [-0.4, -0.2) is 29.4 Å². The predicted molar refractivity (Wildman–Crippen MR) is 106 cm³/mol. The number of alkyl halides is 3. The summed E-state index contributed by atoms with van der Waals surface area (Å²) in [5.41, 5.74) is -5.53. The van der Waals surface area contributed by atoms with E-state index in [0.717, 1.165) is 0 Å². The second-order valence-corrected chi connectivity index (χ2v) is 7.66. The quantitative estimate of drug-likeness (QED) is 0.216. The fraction of sp³-hybridized carbons (Fsp3) is 0.350. The van der Waals surface area contributed by atoms with Gasteiger partial charge >= 0.3 is 41.8 Å². The number of rotatable bonds is 1. The maximum atomic E-state index is 10.7. The molecule has 0 aromatic rings. The third-order valence-electron chi connectivity index (χ3n) is 2.83. The first-order valence-electron chi connectivity index (χ1n) is 8.27. The second-order valence-electron chi connectivity index (χ2n) is 6.25. The van der Waals surface area contributed by atoms with Crippen LogP contribution in [0.3, 0.4) is 0 Å². The summed E-state index contributed by atoms with van der Waals surface area (Å²) in [6.45, 7) is 11.3. The third-order valence-corrected chi connectivity index (χ3v) is 3.42. The van der Waals surface area contributed by atoms with Gasteiger partial charge < -0.3 is 5.11 Å². The molecule has 0 amide bonds. The number of aliphatic hydroxyl groups is 1. The molecule has 0 unspecified atom stereocenters. The summed E-state index contributed by atoms with van der Waals surface area (Å²) >= 11 is 0. The molecule has 2 saturated carbocycles. The minimum absolute atomic E-state index is 0. The molecule has 2 rings (SSSR count). The van der Waals surface area contributed by atoms with Gasteiger partial charge in [-0.2, -0.15) is 21.6 Å². The Morgan fingerprint density at radius 3 is 1.13 bits per heavy atom. The molecule has 0 heterocycles. The molecule has 0 aromatic heterocycles. The van der Waals surface area contributed by atoms with Gasteiger partial charge in [0.2, 0.25) is 0 Å². The summed E-state index contributed by atoms with van der Waals surface area (Å²) in [6, 6.07) is 0. The molecule has 2 aliphatic carbocycles. The van der Waals surface area contributed by atoms with Gasteiger partial charge in [0.25, 0.3) is 0 Å². The van der Waals surface area contributed by atoms with Gasteiger partial charge in [0.15, 0.2) is 5.78 Å². The molecule has 0 aliphatic heterocycles. The van der Waals surface area contributed by atoms with Gasteiger partial charge in [-0.3, -0.25) is 9.35 Å². The van der Waals surface area contributed by atoms with Gasteiger partial charge in [-0.05, 0) is 76.0 Å². The van der Waals surface area contributed by atoms with Crippen LogP contribution in [0.5, 0.6) is 0 Å². The molecule has 2 N–H and O–H groups in total. The average molecular weight is 528 g/mol.